The molecule has 1 atom stereocenters. The van der Waals surface area contributed by atoms with Crippen molar-refractivity contribution in [1.82, 2.24) is 10.3 Å². The molecule has 1 aromatic rings. The Kier molecular flexibility index (Phi) is 7.07. The van der Waals surface area contributed by atoms with Crippen molar-refractivity contribution in [2.75, 3.05) is 6.54 Å². The second-order valence-electron chi connectivity index (χ2n) is 4.81. The number of phosphoric ester groups is 1. The minimum Gasteiger partial charge on any atom is -0.506 e. The fraction of sp³-hybridized carbons (Fsp3) is 0.500. The van der Waals surface area contributed by atoms with Crippen LogP contribution >= 0.6 is 7.82 Å². The molecule has 0 radical (unpaired) electrons. The van der Waals surface area contributed by atoms with Gasteiger partial charge in [0.25, 0.3) is 0 Å². The highest BCUT2D eigenvalue weighted by Gasteiger charge is 2.20. The highest BCUT2D eigenvalue weighted by atomic mass is 31.2. The average Bonchev–Trinajstić information content (AvgIpc) is 2.45. The Bertz CT molecular complexity index is 605. The van der Waals surface area contributed by atoms with Gasteiger partial charge in [0.2, 0.25) is 0 Å². The minimum absolute atomic E-state index is 0.0496. The predicted molar refractivity (Wildman–Crippen MR) is 79.4 cm³/mol. The third-order valence-electron chi connectivity index (χ3n) is 3.10. The summed E-state index contributed by atoms with van der Waals surface area (Å²) < 4.78 is 15.2. The molecule has 0 aliphatic carbocycles. The Morgan fingerprint density at radius 3 is 2.70 bits per heavy atom. The highest BCUT2D eigenvalue weighted by Crippen LogP contribution is 2.38. The molecular weight excluding hydrogens is 329 g/mol. The summed E-state index contributed by atoms with van der Waals surface area (Å²) in [6.45, 7) is 1.18. The summed E-state index contributed by atoms with van der Waals surface area (Å²) >= 11 is 0. The summed E-state index contributed by atoms with van der Waals surface area (Å²) in [7, 11) is -4.68. The van der Waals surface area contributed by atoms with Gasteiger partial charge in [-0.15, -0.1) is 0 Å². The van der Waals surface area contributed by atoms with Crippen LogP contribution in [0.25, 0.3) is 0 Å². The Morgan fingerprint density at radius 2 is 2.17 bits per heavy atom. The number of aromatic nitrogens is 1. The molecule has 7 N–H and O–H groups in total. The van der Waals surface area contributed by atoms with Gasteiger partial charge >= 0.3 is 13.8 Å². The molecule has 0 amide bonds. The smallest absolute Gasteiger partial charge is 0.469 e. The van der Waals surface area contributed by atoms with Crippen molar-refractivity contribution in [1.29, 1.82) is 0 Å². The number of carboxylic acid groups (broad SMARTS) is 1. The molecule has 0 spiro atoms. The first-order valence-electron chi connectivity index (χ1n) is 6.68. The van der Waals surface area contributed by atoms with Gasteiger partial charge in [0.1, 0.15) is 11.8 Å². The van der Waals surface area contributed by atoms with Gasteiger partial charge in [-0.2, -0.15) is 0 Å². The predicted octanol–water partition coefficient (Wildman–Crippen LogP) is -0.403. The zero-order valence-electron chi connectivity index (χ0n) is 12.5. The fourth-order valence-corrected chi connectivity index (χ4v) is 2.17. The lowest BCUT2D eigenvalue weighted by Crippen LogP contribution is -2.38. The molecule has 0 aromatic carbocycles. The third-order valence-corrected chi connectivity index (χ3v) is 3.56. The molecule has 0 saturated carbocycles. The molecule has 11 heteroatoms. The maximum Gasteiger partial charge on any atom is 0.469 e. The van der Waals surface area contributed by atoms with Gasteiger partial charge in [-0.25, -0.2) is 4.57 Å². The summed E-state index contributed by atoms with van der Waals surface area (Å²) in [6, 6.07) is -0.913. The highest BCUT2D eigenvalue weighted by molar-refractivity contribution is 7.46. The number of carbonyl (C=O) groups is 1. The zero-order chi connectivity index (χ0) is 17.6. The van der Waals surface area contributed by atoms with Gasteiger partial charge in [0.05, 0.1) is 12.3 Å². The van der Waals surface area contributed by atoms with Crippen molar-refractivity contribution in [2.24, 2.45) is 5.73 Å². The Labute approximate surface area is 132 Å². The van der Waals surface area contributed by atoms with E-state index >= 15 is 0 Å². The van der Waals surface area contributed by atoms with Crippen LogP contribution in [0.1, 0.15) is 23.2 Å². The summed E-state index contributed by atoms with van der Waals surface area (Å²) in [6.07, 6.45) is 1.49. The number of hydrogen-bond acceptors (Lipinski definition) is 7. The molecule has 1 aromatic heterocycles. The van der Waals surface area contributed by atoms with Crippen LogP contribution in [0.4, 0.5) is 0 Å². The molecule has 1 heterocycles. The standard InChI is InChI=1S/C12H20N3O7P/c1-7-11(16)9(5-15-10(2-3-13)12(17)18)8(4-14-7)6-22-23(19,20)21/h4,10,15-16H,2-3,5-6,13H2,1H3,(H,17,18)(H2,19,20,21)/t10-/m0/s1. The van der Waals surface area contributed by atoms with E-state index in [4.69, 9.17) is 20.6 Å². The van der Waals surface area contributed by atoms with Crippen molar-refractivity contribution in [3.8, 4) is 5.75 Å². The molecule has 0 bridgehead atoms. The maximum absolute atomic E-state index is 11.1. The summed E-state index contributed by atoms with van der Waals surface area (Å²) in [5, 5.41) is 21.9. The third kappa shape index (κ3) is 6.22. The molecule has 10 nitrogen and oxygen atoms in total. The monoisotopic (exact) mass is 349 g/mol. The van der Waals surface area contributed by atoms with Crippen LogP contribution in [-0.4, -0.2) is 43.5 Å². The maximum atomic E-state index is 11.1. The molecule has 0 aliphatic rings. The van der Waals surface area contributed by atoms with Gasteiger partial charge in [0.15, 0.2) is 0 Å². The van der Waals surface area contributed by atoms with E-state index in [2.05, 4.69) is 14.8 Å². The number of aryl methyl sites for hydroxylation is 1. The largest absolute Gasteiger partial charge is 0.506 e. The van der Waals surface area contributed by atoms with E-state index < -0.39 is 26.4 Å². The molecule has 0 unspecified atom stereocenters. The van der Waals surface area contributed by atoms with Crippen molar-refractivity contribution < 1.29 is 33.9 Å². The lowest BCUT2D eigenvalue weighted by molar-refractivity contribution is -0.139. The first-order valence-corrected chi connectivity index (χ1v) is 8.21. The molecule has 0 fully saturated rings. The van der Waals surface area contributed by atoms with E-state index in [0.29, 0.717) is 5.69 Å². The fourth-order valence-electron chi connectivity index (χ4n) is 1.86. The lowest BCUT2D eigenvalue weighted by atomic mass is 10.1. The topological polar surface area (TPSA) is 175 Å². The number of pyridine rings is 1. The number of carboxylic acids is 1. The summed E-state index contributed by atoms with van der Waals surface area (Å²) in [5.74, 6) is -1.28. The number of nitrogens with one attached hydrogen (secondary N) is 1. The van der Waals surface area contributed by atoms with E-state index in [9.17, 15) is 14.5 Å². The number of phosphoric acid groups is 1. The van der Waals surface area contributed by atoms with Crippen molar-refractivity contribution in [2.45, 2.75) is 32.5 Å². The summed E-state index contributed by atoms with van der Waals surface area (Å²) in [5.41, 5.74) is 6.14. The van der Waals surface area contributed by atoms with E-state index in [1.807, 2.05) is 0 Å². The molecule has 23 heavy (non-hydrogen) atoms. The van der Waals surface area contributed by atoms with Gasteiger partial charge < -0.3 is 31.1 Å². The van der Waals surface area contributed by atoms with Crippen LogP contribution in [0, 0.1) is 6.92 Å². The first-order chi connectivity index (χ1) is 10.7. The molecule has 1 rings (SSSR count). The van der Waals surface area contributed by atoms with Crippen LogP contribution in [0.3, 0.4) is 0 Å². The van der Waals surface area contributed by atoms with Gasteiger partial charge in [-0.3, -0.25) is 14.3 Å². The zero-order valence-corrected chi connectivity index (χ0v) is 13.4. The Balaban J connectivity index is 2.96. The Hall–Kier alpha value is -1.55. The molecule has 0 saturated heterocycles. The van der Waals surface area contributed by atoms with E-state index in [0.717, 1.165) is 0 Å². The second kappa shape index (κ2) is 8.34. The molecule has 0 aliphatic heterocycles. The quantitative estimate of drug-likeness (QED) is 0.322. The van der Waals surface area contributed by atoms with Crippen molar-refractivity contribution >= 4 is 13.8 Å². The molecular formula is C12H20N3O7P. The van der Waals surface area contributed by atoms with E-state index in [-0.39, 0.29) is 36.4 Å². The van der Waals surface area contributed by atoms with Crippen molar-refractivity contribution in [3.05, 3.63) is 23.0 Å². The van der Waals surface area contributed by atoms with Gasteiger partial charge in [-0.05, 0) is 19.9 Å². The van der Waals surface area contributed by atoms with Crippen LogP contribution in [-0.2, 0) is 27.0 Å². The van der Waals surface area contributed by atoms with Gasteiger partial charge in [-0.1, -0.05) is 0 Å². The SMILES string of the molecule is Cc1ncc(COP(=O)(O)O)c(CN[C@@H](CCN)C(=O)O)c1O. The normalized spacial score (nSPS) is 13.0. The number of aromatic hydroxyl groups is 1. The molecule has 130 valence electrons. The van der Waals surface area contributed by atoms with E-state index in [1.165, 1.54) is 6.20 Å². The number of rotatable bonds is 9. The number of aliphatic carboxylic acids is 1. The van der Waals surface area contributed by atoms with E-state index in [1.54, 1.807) is 6.92 Å². The second-order valence-corrected chi connectivity index (χ2v) is 6.05. The van der Waals surface area contributed by atoms with Crippen LogP contribution < -0.4 is 11.1 Å². The van der Waals surface area contributed by atoms with Crippen LogP contribution in [0.2, 0.25) is 0 Å². The Morgan fingerprint density at radius 1 is 1.52 bits per heavy atom. The lowest BCUT2D eigenvalue weighted by Gasteiger charge is -2.17. The average molecular weight is 349 g/mol. The number of hydrogen-bond donors (Lipinski definition) is 6. The first kappa shape index (κ1) is 19.5. The van der Waals surface area contributed by atoms with Gasteiger partial charge in [0, 0.05) is 23.9 Å². The van der Waals surface area contributed by atoms with Crippen LogP contribution in [0.5, 0.6) is 5.75 Å². The minimum atomic E-state index is -4.68. The van der Waals surface area contributed by atoms with Crippen LogP contribution in [0.15, 0.2) is 6.20 Å². The number of nitrogens with two attached hydrogens (primary N) is 1. The van der Waals surface area contributed by atoms with Crippen molar-refractivity contribution in [3.63, 3.8) is 0 Å². The summed E-state index contributed by atoms with van der Waals surface area (Å²) in [4.78, 5) is 32.5. The number of nitrogens with zero attached hydrogens (tertiary/aromatic N) is 1.